The zero-order chi connectivity index (χ0) is 28.6. The number of hydrogen-bond acceptors (Lipinski definition) is 8. The van der Waals surface area contributed by atoms with Gasteiger partial charge in [-0.1, -0.05) is 23.7 Å². The lowest BCUT2D eigenvalue weighted by atomic mass is 9.94. The van der Waals surface area contributed by atoms with Crippen molar-refractivity contribution in [3.63, 3.8) is 0 Å². The number of Topliss-reactive ketones (excluding diaryl/α,β-unsaturated/α-hetero) is 1. The molecule has 0 aliphatic carbocycles. The van der Waals surface area contributed by atoms with Gasteiger partial charge < -0.3 is 28.8 Å². The van der Waals surface area contributed by atoms with E-state index in [4.69, 9.17) is 30.2 Å². The summed E-state index contributed by atoms with van der Waals surface area (Å²) >= 11 is 6.18. The second-order valence-corrected chi connectivity index (χ2v) is 9.33. The van der Waals surface area contributed by atoms with Crippen LogP contribution in [0.1, 0.15) is 36.0 Å². The number of hydrogen-bond donors (Lipinski definition) is 2. The third kappa shape index (κ3) is 4.69. The molecule has 2 N–H and O–H groups in total. The van der Waals surface area contributed by atoms with Crippen molar-refractivity contribution in [3.8, 4) is 23.0 Å². The summed E-state index contributed by atoms with van der Waals surface area (Å²) in [7, 11) is 1.45. The first-order valence-electron chi connectivity index (χ1n) is 12.5. The average Bonchev–Trinajstić information content (AvgIpc) is 3.48. The molecule has 0 fully saturated rings. The van der Waals surface area contributed by atoms with Crippen LogP contribution >= 0.6 is 11.6 Å². The number of amides is 1. The molecular weight excluding hydrogens is 538 g/mol. The number of benzene rings is 3. The van der Waals surface area contributed by atoms with Crippen LogP contribution in [0.25, 0.3) is 11.0 Å². The predicted octanol–water partition coefficient (Wildman–Crippen LogP) is 6.38. The molecule has 3 aromatic carbocycles. The summed E-state index contributed by atoms with van der Waals surface area (Å²) in [6.07, 6.45) is 0. The first-order valence-corrected chi connectivity index (χ1v) is 12.9. The summed E-state index contributed by atoms with van der Waals surface area (Å²) in [6, 6.07) is 14.6. The van der Waals surface area contributed by atoms with Crippen molar-refractivity contribution in [1.82, 2.24) is 0 Å². The highest BCUT2D eigenvalue weighted by Crippen LogP contribution is 2.45. The summed E-state index contributed by atoms with van der Waals surface area (Å²) in [4.78, 5) is 28.8. The van der Waals surface area contributed by atoms with Crippen molar-refractivity contribution < 1.29 is 38.4 Å². The van der Waals surface area contributed by atoms with Crippen LogP contribution in [0.3, 0.4) is 0 Å². The second kappa shape index (κ2) is 10.9. The maximum atomic E-state index is 13.9. The molecule has 0 saturated heterocycles. The summed E-state index contributed by atoms with van der Waals surface area (Å²) in [5, 5.41) is 21.9. The molecule has 1 aliphatic rings. The van der Waals surface area contributed by atoms with E-state index in [9.17, 15) is 19.8 Å². The maximum absolute atomic E-state index is 13.9. The van der Waals surface area contributed by atoms with E-state index >= 15 is 0 Å². The number of halogens is 1. The van der Waals surface area contributed by atoms with Gasteiger partial charge in [0.25, 0.3) is 5.91 Å². The second-order valence-electron chi connectivity index (χ2n) is 8.89. The van der Waals surface area contributed by atoms with Gasteiger partial charge in [-0.05, 0) is 55.8 Å². The highest BCUT2D eigenvalue weighted by atomic mass is 35.5. The minimum Gasteiger partial charge on any atom is -0.508 e. The van der Waals surface area contributed by atoms with Crippen LogP contribution in [-0.4, -0.2) is 42.2 Å². The molecule has 0 bridgehead atoms. The molecule has 1 amide bonds. The van der Waals surface area contributed by atoms with E-state index in [2.05, 4.69) is 0 Å². The Hall–Kier alpha value is -4.63. The number of rotatable bonds is 9. The Bertz CT molecular complexity index is 1640. The average molecular weight is 564 g/mol. The van der Waals surface area contributed by atoms with Crippen LogP contribution in [0.5, 0.6) is 23.0 Å². The minimum absolute atomic E-state index is 0.00154. The number of aliphatic hydroxyl groups excluding tert-OH is 1. The standard InChI is InChI=1S/C30H26ClNO8/c1-4-38-21-11-8-19(15-22(21)39-5-2)32-26(16-6-9-20(33)10-7-16)25(28(35)30(32)36)27(34)23-13-17-12-18(31)14-24(37-3)29(17)40-23/h6-15,26,33,35H,4-5H2,1-3H3. The highest BCUT2D eigenvalue weighted by Gasteiger charge is 2.45. The lowest BCUT2D eigenvalue weighted by Crippen LogP contribution is -2.31. The van der Waals surface area contributed by atoms with E-state index in [1.807, 2.05) is 13.8 Å². The molecule has 1 aliphatic heterocycles. The number of anilines is 1. The van der Waals surface area contributed by atoms with E-state index in [1.54, 1.807) is 42.5 Å². The molecule has 206 valence electrons. The fourth-order valence-electron chi connectivity index (χ4n) is 4.75. The summed E-state index contributed by atoms with van der Waals surface area (Å²) in [5.74, 6) is -1.10. The van der Waals surface area contributed by atoms with Crippen molar-refractivity contribution in [3.05, 3.63) is 88.3 Å². The summed E-state index contributed by atoms with van der Waals surface area (Å²) in [6.45, 7) is 4.43. The van der Waals surface area contributed by atoms with Gasteiger partial charge in [-0.25, -0.2) is 0 Å². The van der Waals surface area contributed by atoms with Gasteiger partial charge in [0.1, 0.15) is 5.75 Å². The van der Waals surface area contributed by atoms with Crippen LogP contribution in [0.2, 0.25) is 5.02 Å². The molecule has 1 atom stereocenters. The fourth-order valence-corrected chi connectivity index (χ4v) is 4.96. The number of aromatic hydroxyl groups is 1. The Morgan fingerprint density at radius 2 is 1.65 bits per heavy atom. The molecular formula is C30H26ClNO8. The Kier molecular flexibility index (Phi) is 7.32. The normalized spacial score (nSPS) is 15.2. The van der Waals surface area contributed by atoms with E-state index in [0.717, 1.165) is 0 Å². The lowest BCUT2D eigenvalue weighted by molar-refractivity contribution is -0.117. The number of aliphatic hydroxyl groups is 1. The van der Waals surface area contributed by atoms with Gasteiger partial charge in [-0.15, -0.1) is 0 Å². The molecule has 1 unspecified atom stereocenters. The van der Waals surface area contributed by atoms with Crippen molar-refractivity contribution >= 4 is 39.9 Å². The van der Waals surface area contributed by atoms with Gasteiger partial charge in [-0.2, -0.15) is 0 Å². The van der Waals surface area contributed by atoms with Gasteiger partial charge in [0.05, 0.1) is 31.9 Å². The van der Waals surface area contributed by atoms with Gasteiger partial charge in [0, 0.05) is 28.2 Å². The van der Waals surface area contributed by atoms with Crippen molar-refractivity contribution in [1.29, 1.82) is 0 Å². The lowest BCUT2D eigenvalue weighted by Gasteiger charge is -2.27. The first-order chi connectivity index (χ1) is 19.3. The quantitative estimate of drug-likeness (QED) is 0.225. The van der Waals surface area contributed by atoms with Crippen molar-refractivity contribution in [2.45, 2.75) is 19.9 Å². The number of ether oxygens (including phenoxy) is 3. The monoisotopic (exact) mass is 563 g/mol. The summed E-state index contributed by atoms with van der Waals surface area (Å²) in [5.41, 5.74) is 0.946. The molecule has 1 aromatic heterocycles. The zero-order valence-corrected chi connectivity index (χ0v) is 22.7. The van der Waals surface area contributed by atoms with Crippen LogP contribution in [0.15, 0.2) is 76.4 Å². The molecule has 0 spiro atoms. The molecule has 40 heavy (non-hydrogen) atoms. The molecule has 9 nitrogen and oxygen atoms in total. The molecule has 0 radical (unpaired) electrons. The Morgan fingerprint density at radius 3 is 2.33 bits per heavy atom. The molecule has 2 heterocycles. The third-order valence-corrected chi connectivity index (χ3v) is 6.68. The van der Waals surface area contributed by atoms with Crippen LogP contribution in [0, 0.1) is 0 Å². The topological polar surface area (TPSA) is 119 Å². The fraction of sp³-hybridized carbons (Fsp3) is 0.200. The molecule has 0 saturated carbocycles. The van der Waals surface area contributed by atoms with Crippen LogP contribution in [-0.2, 0) is 4.79 Å². The van der Waals surface area contributed by atoms with Crippen LogP contribution < -0.4 is 19.1 Å². The summed E-state index contributed by atoms with van der Waals surface area (Å²) < 4.78 is 22.6. The third-order valence-electron chi connectivity index (χ3n) is 6.46. The minimum atomic E-state index is -1.05. The Labute approximate surface area is 234 Å². The largest absolute Gasteiger partial charge is 0.508 e. The number of carbonyl (C=O) groups excluding carboxylic acids is 2. The van der Waals surface area contributed by atoms with Gasteiger partial charge in [0.2, 0.25) is 5.78 Å². The van der Waals surface area contributed by atoms with Gasteiger partial charge in [-0.3, -0.25) is 14.5 Å². The maximum Gasteiger partial charge on any atom is 0.294 e. The van der Waals surface area contributed by atoms with Gasteiger partial charge in [0.15, 0.2) is 34.4 Å². The van der Waals surface area contributed by atoms with Crippen LogP contribution in [0.4, 0.5) is 5.69 Å². The molecule has 5 rings (SSSR count). The molecule has 4 aromatic rings. The Morgan fingerprint density at radius 1 is 0.950 bits per heavy atom. The first kappa shape index (κ1) is 27.0. The molecule has 10 heteroatoms. The predicted molar refractivity (Wildman–Crippen MR) is 149 cm³/mol. The number of phenolic OH excluding ortho intramolecular Hbond substituents is 1. The smallest absolute Gasteiger partial charge is 0.294 e. The van der Waals surface area contributed by atoms with Gasteiger partial charge >= 0.3 is 0 Å². The van der Waals surface area contributed by atoms with Crippen molar-refractivity contribution in [2.75, 3.05) is 25.2 Å². The van der Waals surface area contributed by atoms with Crippen molar-refractivity contribution in [2.24, 2.45) is 0 Å². The zero-order valence-electron chi connectivity index (χ0n) is 21.9. The number of furan rings is 1. The van der Waals surface area contributed by atoms with E-state index in [1.165, 1.54) is 30.2 Å². The number of nitrogens with zero attached hydrogens (tertiary/aromatic N) is 1. The number of methoxy groups -OCH3 is 1. The number of phenols is 1. The Balaban J connectivity index is 1.65. The highest BCUT2D eigenvalue weighted by molar-refractivity contribution is 6.31. The van der Waals surface area contributed by atoms with E-state index in [0.29, 0.717) is 57.7 Å². The van der Waals surface area contributed by atoms with E-state index < -0.39 is 23.5 Å². The van der Waals surface area contributed by atoms with E-state index in [-0.39, 0.29) is 17.1 Å². The number of fused-ring (bicyclic) bond motifs is 1. The SMILES string of the molecule is CCOc1ccc(N2C(=O)C(O)=C(C(=O)c3cc4cc(Cl)cc(OC)c4o3)C2c2ccc(O)cc2)cc1OCC. The number of ketones is 1. The number of carbonyl (C=O) groups is 2.